The maximum Gasteiger partial charge on any atom is 0.352 e. The molecule has 1 unspecified atom stereocenters. The highest BCUT2D eigenvalue weighted by atomic mass is 18.1. The molecule has 1 N–H and O–H groups in total. The molecule has 1 saturated heterocycles. The number of carbonyl (C=O) groups is 4. The van der Waals surface area contributed by atoms with Crippen LogP contribution in [0.25, 0.3) is 0 Å². The summed E-state index contributed by atoms with van der Waals surface area (Å²) in [6.07, 6.45) is -0.196. The lowest BCUT2D eigenvalue weighted by Crippen LogP contribution is -2.44. The summed E-state index contributed by atoms with van der Waals surface area (Å²) in [5.74, 6) is -3.72. The van der Waals surface area contributed by atoms with Gasteiger partial charge in [0, 0.05) is 12.8 Å². The molecule has 1 aliphatic heterocycles. The molecule has 0 saturated carbocycles. The van der Waals surface area contributed by atoms with Gasteiger partial charge in [-0.1, -0.05) is 0 Å². The maximum atomic E-state index is 11.7. The topological polar surface area (TPSA) is 96.0 Å². The third-order valence-electron chi connectivity index (χ3n) is 2.62. The fraction of sp³-hybridized carbons (Fsp3) is 0.636. The summed E-state index contributed by atoms with van der Waals surface area (Å²) in [4.78, 5) is 51.9. The van der Waals surface area contributed by atoms with Gasteiger partial charge in [-0.3, -0.25) is 19.3 Å². The Labute approximate surface area is 113 Å². The first kappa shape index (κ1) is 12.1. The highest BCUT2D eigenvalue weighted by Crippen LogP contribution is 2.11. The fourth-order valence-corrected chi connectivity index (χ4v) is 1.22. The van der Waals surface area contributed by atoms with Crippen LogP contribution < -0.4 is 5.32 Å². The first-order chi connectivity index (χ1) is 9.56. The van der Waals surface area contributed by atoms with Crippen LogP contribution in [0, 0.1) is 0 Å². The lowest BCUT2D eigenvalue weighted by atomic mass is 10.4. The van der Waals surface area contributed by atoms with Gasteiger partial charge < -0.3 is 10.2 Å². The van der Waals surface area contributed by atoms with Crippen molar-refractivity contribution in [3.8, 4) is 0 Å². The van der Waals surface area contributed by atoms with Crippen molar-refractivity contribution < 1.29 is 26.8 Å². The smallest absolute Gasteiger partial charge is 0.344 e. The number of hydrogen-bond acceptors (Lipinski definition) is 6. The van der Waals surface area contributed by atoms with E-state index in [0.717, 1.165) is 0 Å². The Morgan fingerprint density at radius 3 is 2.47 bits per heavy atom. The number of amides is 3. The highest BCUT2D eigenvalue weighted by Gasteiger charge is 2.32. The van der Waals surface area contributed by atoms with Crippen LogP contribution in [0.5, 0.6) is 0 Å². The molecule has 1 heterocycles. The summed E-state index contributed by atoms with van der Waals surface area (Å²) in [5.41, 5.74) is 0. The Kier molecular flexibility index (Phi) is 4.00. The van der Waals surface area contributed by atoms with Gasteiger partial charge in [-0.2, -0.15) is 0 Å². The predicted molar refractivity (Wildman–Crippen MR) is 63.3 cm³/mol. The van der Waals surface area contributed by atoms with Crippen molar-refractivity contribution in [3.05, 3.63) is 0 Å². The number of imide groups is 1. The molecule has 0 aliphatic carbocycles. The van der Waals surface area contributed by atoms with Crippen molar-refractivity contribution in [2.75, 3.05) is 20.6 Å². The summed E-state index contributed by atoms with van der Waals surface area (Å²) >= 11 is 0. The molecule has 1 rings (SSSR count). The van der Waals surface area contributed by atoms with Gasteiger partial charge in [-0.05, 0) is 21.0 Å². The first-order valence-electron chi connectivity index (χ1n) is 6.63. The molecule has 0 radical (unpaired) electrons. The molecule has 8 nitrogen and oxygen atoms in total. The molecule has 0 aromatic carbocycles. The van der Waals surface area contributed by atoms with E-state index in [0.29, 0.717) is 0 Å². The van der Waals surface area contributed by atoms with Gasteiger partial charge in [0.25, 0.3) is 11.8 Å². The van der Waals surface area contributed by atoms with Crippen LogP contribution >= 0.6 is 0 Å². The number of nitrogens with one attached hydrogen (secondary N) is 1. The average molecular weight is 279 g/mol. The van der Waals surface area contributed by atoms with Crippen molar-refractivity contribution in [2.24, 2.45) is 0 Å². The van der Waals surface area contributed by atoms with Crippen LogP contribution in [0.2, 0.25) is 0 Å². The van der Waals surface area contributed by atoms with Gasteiger partial charge in [0.15, 0.2) is 0 Å². The van der Waals surface area contributed by atoms with Gasteiger partial charge in [0.2, 0.25) is 5.91 Å². The van der Waals surface area contributed by atoms with Crippen molar-refractivity contribution >= 4 is 23.7 Å². The molecule has 3 amide bonds. The third kappa shape index (κ3) is 4.02. The minimum absolute atomic E-state index is 0.0981. The average Bonchev–Trinajstić information content (AvgIpc) is 2.68. The molecule has 0 spiro atoms. The van der Waals surface area contributed by atoms with Crippen molar-refractivity contribution in [2.45, 2.75) is 25.8 Å². The van der Waals surface area contributed by atoms with E-state index in [-0.39, 0.29) is 17.9 Å². The van der Waals surface area contributed by atoms with Crippen molar-refractivity contribution in [1.82, 2.24) is 15.3 Å². The van der Waals surface area contributed by atoms with E-state index in [1.807, 2.05) is 5.32 Å². The summed E-state index contributed by atoms with van der Waals surface area (Å²) in [6, 6.07) is -0.678. The second-order valence-electron chi connectivity index (χ2n) is 4.21. The van der Waals surface area contributed by atoms with E-state index in [1.54, 1.807) is 14.1 Å². The second-order valence-corrected chi connectivity index (χ2v) is 4.21. The number of nitrogens with zero attached hydrogens (tertiary/aromatic N) is 2. The van der Waals surface area contributed by atoms with Gasteiger partial charge in [0.1, 0.15) is 6.50 Å². The maximum absolute atomic E-state index is 11.7. The number of carbonyl (C=O) groups excluding carboxylic acids is 4. The normalized spacial score (nSPS) is 19.1. The molecule has 0 bridgehead atoms. The molecule has 19 heavy (non-hydrogen) atoms. The van der Waals surface area contributed by atoms with E-state index in [9.17, 15) is 19.2 Å². The number of likely N-dealkylation sites (N-methyl/N-ethyl adjacent to an activating group) is 1. The fourth-order valence-electron chi connectivity index (χ4n) is 1.22. The molecule has 1 aliphatic rings. The van der Waals surface area contributed by atoms with Gasteiger partial charge >= 0.3 is 5.97 Å². The van der Waals surface area contributed by atoms with E-state index < -0.39 is 36.2 Å². The van der Waals surface area contributed by atoms with Crippen molar-refractivity contribution in [1.29, 1.82) is 0 Å². The monoisotopic (exact) mass is 279 g/mol. The Bertz CT molecular complexity index is 464. The largest absolute Gasteiger partial charge is 0.352 e. The summed E-state index contributed by atoms with van der Waals surface area (Å²) in [6.45, 7) is -1.34. The SMILES string of the molecule is [2H]C([2H])(N[13C](=[18O])C(C)[15N](C)C)C(=[18O])ON1C(=O)CCC1=O. The number of hydroxylamine groups is 2. The molecular weight excluding hydrogens is 260 g/mol. The second kappa shape index (κ2) is 6.28. The Morgan fingerprint density at radius 1 is 1.47 bits per heavy atom. The number of hydrogen-bond donors (Lipinski definition) is 1. The quantitative estimate of drug-likeness (QED) is 0.289. The van der Waals surface area contributed by atoms with Crippen LogP contribution in [0.3, 0.4) is 0 Å². The minimum Gasteiger partial charge on any atom is -0.344 e. The molecular formula is C11H17N3O5. The molecule has 0 aromatic rings. The zero-order valence-electron chi connectivity index (χ0n) is 12.9. The van der Waals surface area contributed by atoms with Gasteiger partial charge in [-0.15, -0.1) is 5.06 Å². The standard InChI is InChI=1S/C11H17N3O5/c1-7(13(2)3)11(18)12-6-10(17)19-14-8(15)4-5-9(14)16/h7H,4-6H2,1-3H3,(H,12,18)/i6D2,11+1,13+1,17+2,18+2. The highest BCUT2D eigenvalue weighted by molar-refractivity contribution is 6.01. The third-order valence-corrected chi connectivity index (χ3v) is 2.62. The van der Waals surface area contributed by atoms with Crippen LogP contribution in [-0.2, 0) is 24.0 Å². The molecule has 1 fully saturated rings. The van der Waals surface area contributed by atoms with E-state index in [4.69, 9.17) is 2.74 Å². The van der Waals surface area contributed by atoms with Gasteiger partial charge in [0.05, 0.1) is 8.78 Å². The van der Waals surface area contributed by atoms with E-state index >= 15 is 0 Å². The molecule has 0 aromatic heterocycles. The van der Waals surface area contributed by atoms with E-state index in [1.165, 1.54) is 11.8 Å². The lowest BCUT2D eigenvalue weighted by Gasteiger charge is -2.19. The Balaban J connectivity index is 2.69. The summed E-state index contributed by atoms with van der Waals surface area (Å²) in [5, 5.41) is 2.09. The van der Waals surface area contributed by atoms with Crippen LogP contribution in [0.1, 0.15) is 22.5 Å². The van der Waals surface area contributed by atoms with Gasteiger partial charge in [-0.25, -0.2) is 4.79 Å². The first-order valence-corrected chi connectivity index (χ1v) is 5.63. The molecule has 1 atom stereocenters. The summed E-state index contributed by atoms with van der Waals surface area (Å²) < 4.78 is 15.0. The lowest BCUT2D eigenvalue weighted by molar-refractivity contribution is -0.196. The molecule has 106 valence electrons. The van der Waals surface area contributed by atoms with Crippen LogP contribution in [-0.4, -0.2) is 60.3 Å². The predicted octanol–water partition coefficient (Wildman–Crippen LogP) is -1.34. The zero-order chi connectivity index (χ0) is 16.4. The van der Waals surface area contributed by atoms with Crippen LogP contribution in [0.15, 0.2) is 0 Å². The van der Waals surface area contributed by atoms with Crippen LogP contribution in [0.4, 0.5) is 0 Å². The molecule has 8 heteroatoms. The summed E-state index contributed by atoms with van der Waals surface area (Å²) in [7, 11) is 3.22. The van der Waals surface area contributed by atoms with Crippen molar-refractivity contribution in [3.63, 3.8) is 0 Å². The Morgan fingerprint density at radius 2 is 2.00 bits per heavy atom. The Hall–Kier alpha value is -1.96. The van der Waals surface area contributed by atoms with E-state index in [2.05, 4.69) is 4.84 Å². The number of rotatable bonds is 5. The minimum atomic E-state index is -2.86. The zero-order valence-corrected chi connectivity index (χ0v) is 10.9.